The first-order chi connectivity index (χ1) is 12.5. The van der Waals surface area contributed by atoms with E-state index >= 15 is 0 Å². The minimum Gasteiger partial charge on any atom is -0.335 e. The second kappa shape index (κ2) is 8.66. The normalized spacial score (nSPS) is 16.5. The molecule has 2 aromatic carbocycles. The molecule has 1 unspecified atom stereocenters. The number of fused-ring (bicyclic) bond motifs is 1. The first kappa shape index (κ1) is 19.6. The minimum absolute atomic E-state index is 0.0433. The van der Waals surface area contributed by atoms with E-state index in [9.17, 15) is 4.79 Å². The molecule has 3 nitrogen and oxygen atoms in total. The van der Waals surface area contributed by atoms with Crippen LogP contribution < -0.4 is 4.72 Å². The van der Waals surface area contributed by atoms with Crippen LogP contribution in [0.2, 0.25) is 10.0 Å². The first-order valence-corrected chi connectivity index (χ1v) is 10.6. The molecule has 1 aliphatic heterocycles. The molecule has 0 aromatic heterocycles. The maximum Gasteiger partial charge on any atom is 0.227 e. The maximum atomic E-state index is 12.9. The van der Waals surface area contributed by atoms with Crippen molar-refractivity contribution >= 4 is 41.1 Å². The summed E-state index contributed by atoms with van der Waals surface area (Å²) in [4.78, 5) is 14.9. The summed E-state index contributed by atoms with van der Waals surface area (Å²) >= 11 is 14.1. The van der Waals surface area contributed by atoms with Gasteiger partial charge in [0, 0.05) is 23.1 Å². The molecule has 2 aromatic rings. The highest BCUT2D eigenvalue weighted by molar-refractivity contribution is 7.96. The van der Waals surface area contributed by atoms with Gasteiger partial charge in [0.05, 0.1) is 12.5 Å². The molecule has 138 valence electrons. The highest BCUT2D eigenvalue weighted by Gasteiger charge is 2.29. The molecule has 1 heterocycles. The summed E-state index contributed by atoms with van der Waals surface area (Å²) in [5.74, 6) is 0.0609. The van der Waals surface area contributed by atoms with Gasteiger partial charge in [-0.05, 0) is 54.0 Å². The van der Waals surface area contributed by atoms with E-state index in [1.807, 2.05) is 11.2 Å². The summed E-state index contributed by atoms with van der Waals surface area (Å²) in [5, 5.41) is 1.09. The Balaban J connectivity index is 1.80. The van der Waals surface area contributed by atoms with Crippen molar-refractivity contribution in [3.63, 3.8) is 0 Å². The highest BCUT2D eigenvalue weighted by Crippen LogP contribution is 2.33. The van der Waals surface area contributed by atoms with Crippen LogP contribution in [0.5, 0.6) is 0 Å². The van der Waals surface area contributed by atoms with Crippen molar-refractivity contribution in [1.29, 1.82) is 0 Å². The molecule has 0 saturated carbocycles. The zero-order valence-electron chi connectivity index (χ0n) is 14.9. The van der Waals surface area contributed by atoms with E-state index < -0.39 is 0 Å². The summed E-state index contributed by atoms with van der Waals surface area (Å²) in [7, 11) is 0. The first-order valence-electron chi connectivity index (χ1n) is 8.61. The molecule has 0 radical (unpaired) electrons. The lowest BCUT2D eigenvalue weighted by Crippen LogP contribution is -2.40. The Kier molecular flexibility index (Phi) is 6.51. The van der Waals surface area contributed by atoms with E-state index in [1.54, 1.807) is 30.1 Å². The van der Waals surface area contributed by atoms with Gasteiger partial charge in [-0.1, -0.05) is 59.4 Å². The Morgan fingerprint density at radius 1 is 1.23 bits per heavy atom. The van der Waals surface area contributed by atoms with Gasteiger partial charge < -0.3 is 4.90 Å². The predicted molar refractivity (Wildman–Crippen MR) is 111 cm³/mol. The zero-order valence-corrected chi connectivity index (χ0v) is 17.2. The average Bonchev–Trinajstić information content (AvgIpc) is 2.63. The molecule has 0 saturated heterocycles. The largest absolute Gasteiger partial charge is 0.335 e. The SMILES string of the molecule is CSNCc1cccc2c1CCN(C(=O)Cc1c(Cl)cccc1Cl)C2C. The van der Waals surface area contributed by atoms with Gasteiger partial charge in [-0.15, -0.1) is 0 Å². The second-order valence-corrected chi connectivity index (χ2v) is 7.91. The van der Waals surface area contributed by atoms with Gasteiger partial charge >= 0.3 is 0 Å². The molecule has 26 heavy (non-hydrogen) atoms. The lowest BCUT2D eigenvalue weighted by molar-refractivity contribution is -0.133. The van der Waals surface area contributed by atoms with Crippen molar-refractivity contribution in [2.45, 2.75) is 32.4 Å². The fourth-order valence-electron chi connectivity index (χ4n) is 3.55. The van der Waals surface area contributed by atoms with E-state index in [-0.39, 0.29) is 18.4 Å². The van der Waals surface area contributed by atoms with Crippen molar-refractivity contribution < 1.29 is 4.79 Å². The molecule has 1 N–H and O–H groups in total. The zero-order chi connectivity index (χ0) is 18.7. The smallest absolute Gasteiger partial charge is 0.227 e. The molecule has 1 atom stereocenters. The summed E-state index contributed by atoms with van der Waals surface area (Å²) in [6.07, 6.45) is 3.12. The molecule has 0 fully saturated rings. The Hall–Kier alpha value is -1.20. The lowest BCUT2D eigenvalue weighted by atomic mass is 9.89. The van der Waals surface area contributed by atoms with Gasteiger partial charge in [0.1, 0.15) is 0 Å². The van der Waals surface area contributed by atoms with Crippen LogP contribution in [0.3, 0.4) is 0 Å². The van der Waals surface area contributed by atoms with Crippen LogP contribution in [0.15, 0.2) is 36.4 Å². The van der Waals surface area contributed by atoms with Gasteiger partial charge in [-0.2, -0.15) is 0 Å². The van der Waals surface area contributed by atoms with Crippen LogP contribution >= 0.6 is 35.1 Å². The monoisotopic (exact) mass is 408 g/mol. The van der Waals surface area contributed by atoms with E-state index in [2.05, 4.69) is 29.8 Å². The number of amides is 1. The van der Waals surface area contributed by atoms with E-state index in [1.165, 1.54) is 16.7 Å². The van der Waals surface area contributed by atoms with Crippen LogP contribution in [0.25, 0.3) is 0 Å². The molecule has 3 rings (SSSR count). The Morgan fingerprint density at radius 2 is 1.92 bits per heavy atom. The van der Waals surface area contributed by atoms with Crippen LogP contribution in [0.4, 0.5) is 0 Å². The number of carbonyl (C=O) groups excluding carboxylic acids is 1. The number of nitrogens with one attached hydrogen (secondary N) is 1. The number of hydrogen-bond donors (Lipinski definition) is 1. The van der Waals surface area contributed by atoms with Crippen LogP contribution in [0, 0.1) is 0 Å². The van der Waals surface area contributed by atoms with Gasteiger partial charge in [-0.25, -0.2) is 0 Å². The van der Waals surface area contributed by atoms with Gasteiger partial charge in [0.15, 0.2) is 0 Å². The molecule has 6 heteroatoms. The van der Waals surface area contributed by atoms with Crippen molar-refractivity contribution in [3.05, 3.63) is 68.7 Å². The second-order valence-electron chi connectivity index (χ2n) is 6.40. The average molecular weight is 409 g/mol. The molecular weight excluding hydrogens is 387 g/mol. The van der Waals surface area contributed by atoms with Crippen LogP contribution in [0.1, 0.15) is 35.2 Å². The van der Waals surface area contributed by atoms with E-state index in [0.717, 1.165) is 13.0 Å². The maximum absolute atomic E-state index is 12.9. The van der Waals surface area contributed by atoms with Crippen LogP contribution in [-0.4, -0.2) is 23.6 Å². The molecule has 0 spiro atoms. The fraction of sp³-hybridized carbons (Fsp3) is 0.350. The third kappa shape index (κ3) is 4.04. The fourth-order valence-corrected chi connectivity index (χ4v) is 4.39. The van der Waals surface area contributed by atoms with Gasteiger partial charge in [-0.3, -0.25) is 9.52 Å². The molecule has 1 amide bonds. The molecular formula is C20H22Cl2N2OS. The topological polar surface area (TPSA) is 32.3 Å². The summed E-state index contributed by atoms with van der Waals surface area (Å²) in [5.41, 5.74) is 4.61. The molecule has 1 aliphatic rings. The predicted octanol–water partition coefficient (Wildman–Crippen LogP) is 5.05. The number of hydrogen-bond acceptors (Lipinski definition) is 3. The Bertz CT molecular complexity index is 792. The standard InChI is InChI=1S/C20H22Cl2N2OS/c1-13-15-6-3-5-14(12-23-26-2)16(15)9-10-24(13)20(25)11-17-18(21)7-4-8-19(17)22/h3-8,13,23H,9-12H2,1-2H3. The van der Waals surface area contributed by atoms with Crippen LogP contribution in [-0.2, 0) is 24.2 Å². The number of rotatable bonds is 5. The number of halogens is 2. The van der Waals surface area contributed by atoms with Gasteiger partial charge in [0.2, 0.25) is 5.91 Å². The Morgan fingerprint density at radius 3 is 2.62 bits per heavy atom. The van der Waals surface area contributed by atoms with E-state index in [4.69, 9.17) is 23.2 Å². The molecule has 0 bridgehead atoms. The minimum atomic E-state index is 0.0433. The number of benzene rings is 2. The number of carbonyl (C=O) groups is 1. The van der Waals surface area contributed by atoms with Crippen molar-refractivity contribution in [1.82, 2.24) is 9.62 Å². The third-order valence-corrected chi connectivity index (χ3v) is 6.09. The lowest BCUT2D eigenvalue weighted by Gasteiger charge is -2.36. The summed E-state index contributed by atoms with van der Waals surface area (Å²) in [6, 6.07) is 11.8. The summed E-state index contributed by atoms with van der Waals surface area (Å²) in [6.45, 7) is 3.64. The quantitative estimate of drug-likeness (QED) is 0.702. The van der Waals surface area contributed by atoms with Gasteiger partial charge in [0.25, 0.3) is 0 Å². The Labute approximate surface area is 169 Å². The highest BCUT2D eigenvalue weighted by atomic mass is 35.5. The summed E-state index contributed by atoms with van der Waals surface area (Å²) < 4.78 is 3.32. The third-order valence-electron chi connectivity index (χ3n) is 4.95. The molecule has 0 aliphatic carbocycles. The number of nitrogens with zero attached hydrogens (tertiary/aromatic N) is 1. The van der Waals surface area contributed by atoms with Crippen molar-refractivity contribution in [2.24, 2.45) is 0 Å². The van der Waals surface area contributed by atoms with Crippen molar-refractivity contribution in [2.75, 3.05) is 12.8 Å². The van der Waals surface area contributed by atoms with E-state index in [0.29, 0.717) is 22.2 Å². The van der Waals surface area contributed by atoms with Crippen molar-refractivity contribution in [3.8, 4) is 0 Å².